The van der Waals surface area contributed by atoms with Gasteiger partial charge in [-0.25, -0.2) is 4.98 Å². The molecular weight excluding hydrogens is 318 g/mol. The second-order valence-corrected chi connectivity index (χ2v) is 6.81. The van der Waals surface area contributed by atoms with Gasteiger partial charge in [-0.1, -0.05) is 6.07 Å². The van der Waals surface area contributed by atoms with Crippen LogP contribution in [-0.4, -0.2) is 36.3 Å². The summed E-state index contributed by atoms with van der Waals surface area (Å²) in [6.45, 7) is 1.98. The van der Waals surface area contributed by atoms with Crippen molar-refractivity contribution >= 4 is 11.6 Å². The Labute approximate surface area is 145 Å². The third kappa shape index (κ3) is 2.91. The fourth-order valence-corrected chi connectivity index (χ4v) is 3.45. The van der Waals surface area contributed by atoms with E-state index in [1.165, 1.54) is 0 Å². The van der Waals surface area contributed by atoms with E-state index in [4.69, 9.17) is 0 Å². The van der Waals surface area contributed by atoms with Crippen LogP contribution in [0.4, 0.5) is 0 Å². The van der Waals surface area contributed by atoms with Crippen molar-refractivity contribution in [2.24, 2.45) is 13.0 Å². The van der Waals surface area contributed by atoms with Crippen LogP contribution in [0.15, 0.2) is 36.8 Å². The molecule has 0 radical (unpaired) electrons. The predicted octanol–water partition coefficient (Wildman–Crippen LogP) is 1.62. The van der Waals surface area contributed by atoms with Gasteiger partial charge in [-0.05, 0) is 37.8 Å². The molecule has 1 saturated carbocycles. The van der Waals surface area contributed by atoms with Crippen molar-refractivity contribution in [3.63, 3.8) is 0 Å². The topological polar surface area (TPSA) is 84.5 Å². The SMILES string of the molecule is Cc1cccc2nc(C(=O)N[C@H](c3cnn(C)c3)C3CC(O)C3)cn12. The van der Waals surface area contributed by atoms with E-state index in [1.807, 2.05) is 42.8 Å². The maximum atomic E-state index is 12.8. The Morgan fingerprint density at radius 3 is 2.80 bits per heavy atom. The second kappa shape index (κ2) is 6.00. The monoisotopic (exact) mass is 339 g/mol. The summed E-state index contributed by atoms with van der Waals surface area (Å²) < 4.78 is 3.62. The number of aliphatic hydroxyl groups excluding tert-OH is 1. The van der Waals surface area contributed by atoms with E-state index in [9.17, 15) is 9.90 Å². The standard InChI is InChI=1S/C18H21N5O2/c1-11-4-3-5-16-20-15(10-23(11)16)18(25)21-17(12-6-14(24)7-12)13-8-19-22(2)9-13/h3-5,8-10,12,14,17,24H,6-7H2,1-2H3,(H,21,25)/t12?,14?,17-/m0/s1. The van der Waals surface area contributed by atoms with Crippen molar-refractivity contribution in [1.29, 1.82) is 0 Å². The Morgan fingerprint density at radius 2 is 2.16 bits per heavy atom. The number of carbonyl (C=O) groups is 1. The van der Waals surface area contributed by atoms with Gasteiger partial charge in [0, 0.05) is 30.7 Å². The molecule has 1 aliphatic carbocycles. The summed E-state index contributed by atoms with van der Waals surface area (Å²) in [6.07, 6.45) is 6.52. The molecule has 1 fully saturated rings. The number of nitrogens with one attached hydrogen (secondary N) is 1. The molecule has 0 spiro atoms. The van der Waals surface area contributed by atoms with Crippen LogP contribution in [0.25, 0.3) is 5.65 Å². The van der Waals surface area contributed by atoms with Crippen LogP contribution in [0.1, 0.15) is 40.6 Å². The summed E-state index contributed by atoms with van der Waals surface area (Å²) in [4.78, 5) is 17.2. The molecule has 1 aliphatic rings. The molecule has 2 N–H and O–H groups in total. The average molecular weight is 339 g/mol. The van der Waals surface area contributed by atoms with Crippen molar-refractivity contribution in [1.82, 2.24) is 24.5 Å². The molecule has 0 unspecified atom stereocenters. The first-order chi connectivity index (χ1) is 12.0. The van der Waals surface area contributed by atoms with Gasteiger partial charge in [-0.15, -0.1) is 0 Å². The van der Waals surface area contributed by atoms with E-state index in [1.54, 1.807) is 17.1 Å². The van der Waals surface area contributed by atoms with Crippen molar-refractivity contribution in [3.05, 3.63) is 53.7 Å². The molecule has 0 aromatic carbocycles. The lowest BCUT2D eigenvalue weighted by atomic mass is 9.75. The summed E-state index contributed by atoms with van der Waals surface area (Å²) in [5.74, 6) is 0.000241. The number of hydrogen-bond donors (Lipinski definition) is 2. The zero-order valence-electron chi connectivity index (χ0n) is 14.3. The minimum Gasteiger partial charge on any atom is -0.393 e. The highest BCUT2D eigenvalue weighted by molar-refractivity contribution is 5.93. The van der Waals surface area contributed by atoms with E-state index in [0.717, 1.165) is 16.9 Å². The number of fused-ring (bicyclic) bond motifs is 1. The smallest absolute Gasteiger partial charge is 0.272 e. The van der Waals surface area contributed by atoms with Gasteiger partial charge in [0.05, 0.1) is 18.3 Å². The van der Waals surface area contributed by atoms with Crippen molar-refractivity contribution in [3.8, 4) is 0 Å². The zero-order valence-corrected chi connectivity index (χ0v) is 14.3. The number of amides is 1. The van der Waals surface area contributed by atoms with Gasteiger partial charge in [0.15, 0.2) is 0 Å². The van der Waals surface area contributed by atoms with Crippen LogP contribution >= 0.6 is 0 Å². The minimum atomic E-state index is -0.279. The minimum absolute atomic E-state index is 0.171. The molecular formula is C18H21N5O2. The molecule has 3 aromatic heterocycles. The highest BCUT2D eigenvalue weighted by atomic mass is 16.3. The molecule has 7 nitrogen and oxygen atoms in total. The van der Waals surface area contributed by atoms with Crippen molar-refractivity contribution < 1.29 is 9.90 Å². The van der Waals surface area contributed by atoms with Gasteiger partial charge in [0.1, 0.15) is 11.3 Å². The van der Waals surface area contributed by atoms with Crippen molar-refractivity contribution in [2.45, 2.75) is 31.9 Å². The van der Waals surface area contributed by atoms with E-state index < -0.39 is 0 Å². The number of pyridine rings is 1. The highest BCUT2D eigenvalue weighted by Gasteiger charge is 2.36. The number of aromatic nitrogens is 4. The van der Waals surface area contributed by atoms with Gasteiger partial charge in [0.25, 0.3) is 5.91 Å². The molecule has 4 rings (SSSR count). The first-order valence-electron chi connectivity index (χ1n) is 8.43. The fourth-order valence-electron chi connectivity index (χ4n) is 3.45. The van der Waals surface area contributed by atoms with Crippen LogP contribution in [0.2, 0.25) is 0 Å². The third-order valence-corrected chi connectivity index (χ3v) is 4.92. The van der Waals surface area contributed by atoms with Gasteiger partial charge in [-0.2, -0.15) is 5.10 Å². The molecule has 0 aliphatic heterocycles. The Balaban J connectivity index is 1.60. The van der Waals surface area contributed by atoms with E-state index >= 15 is 0 Å². The lowest BCUT2D eigenvalue weighted by Gasteiger charge is -2.37. The summed E-state index contributed by atoms with van der Waals surface area (Å²) in [5, 5.41) is 16.9. The molecule has 3 aromatic rings. The number of nitrogens with zero attached hydrogens (tertiary/aromatic N) is 4. The summed E-state index contributed by atoms with van der Waals surface area (Å²) >= 11 is 0. The number of imidazole rings is 1. The molecule has 3 heterocycles. The van der Waals surface area contributed by atoms with E-state index in [2.05, 4.69) is 15.4 Å². The number of aliphatic hydroxyl groups is 1. The average Bonchev–Trinajstić information content (AvgIpc) is 3.17. The Kier molecular flexibility index (Phi) is 3.80. The van der Waals surface area contributed by atoms with Gasteiger partial charge < -0.3 is 14.8 Å². The molecule has 1 amide bonds. The Hall–Kier alpha value is -2.67. The van der Waals surface area contributed by atoms with Crippen LogP contribution in [-0.2, 0) is 7.05 Å². The molecule has 7 heteroatoms. The zero-order chi connectivity index (χ0) is 17.6. The fraction of sp³-hybridized carbons (Fsp3) is 0.389. The van der Waals surface area contributed by atoms with Crippen LogP contribution in [0, 0.1) is 12.8 Å². The Bertz CT molecular complexity index is 923. The number of aryl methyl sites for hydroxylation is 2. The molecule has 0 saturated heterocycles. The molecule has 130 valence electrons. The summed E-state index contributed by atoms with van der Waals surface area (Å²) in [5.41, 5.74) is 3.12. The predicted molar refractivity (Wildman–Crippen MR) is 92.1 cm³/mol. The Morgan fingerprint density at radius 1 is 1.36 bits per heavy atom. The van der Waals surface area contributed by atoms with E-state index in [0.29, 0.717) is 18.5 Å². The highest BCUT2D eigenvalue weighted by Crippen LogP contribution is 2.38. The quantitative estimate of drug-likeness (QED) is 0.756. The second-order valence-electron chi connectivity index (χ2n) is 6.81. The number of rotatable bonds is 4. The lowest BCUT2D eigenvalue weighted by molar-refractivity contribution is 0.0234. The van der Waals surface area contributed by atoms with Crippen LogP contribution < -0.4 is 5.32 Å². The van der Waals surface area contributed by atoms with Gasteiger partial charge >= 0.3 is 0 Å². The van der Waals surface area contributed by atoms with Crippen molar-refractivity contribution in [2.75, 3.05) is 0 Å². The third-order valence-electron chi connectivity index (χ3n) is 4.92. The van der Waals surface area contributed by atoms with E-state index in [-0.39, 0.29) is 24.0 Å². The summed E-state index contributed by atoms with van der Waals surface area (Å²) in [6, 6.07) is 5.61. The molecule has 25 heavy (non-hydrogen) atoms. The number of carbonyl (C=O) groups excluding carboxylic acids is 1. The normalized spacial score (nSPS) is 21.1. The maximum Gasteiger partial charge on any atom is 0.272 e. The van der Waals surface area contributed by atoms with Crippen LogP contribution in [0.3, 0.4) is 0 Å². The largest absolute Gasteiger partial charge is 0.393 e. The first-order valence-corrected chi connectivity index (χ1v) is 8.43. The number of hydrogen-bond acceptors (Lipinski definition) is 4. The van der Waals surface area contributed by atoms with Gasteiger partial charge in [0.2, 0.25) is 0 Å². The molecule has 1 atom stereocenters. The lowest BCUT2D eigenvalue weighted by Crippen LogP contribution is -2.41. The molecule has 0 bridgehead atoms. The first kappa shape index (κ1) is 15.8. The van der Waals surface area contributed by atoms with Crippen LogP contribution in [0.5, 0.6) is 0 Å². The maximum absolute atomic E-state index is 12.8. The van der Waals surface area contributed by atoms with Gasteiger partial charge in [-0.3, -0.25) is 9.48 Å². The summed E-state index contributed by atoms with van der Waals surface area (Å²) in [7, 11) is 1.85.